The molecular weight excluding hydrogens is 314 g/mol. The number of carbonyl (C=O) groups is 1. The topological polar surface area (TPSA) is 68.1 Å². The van der Waals surface area contributed by atoms with Gasteiger partial charge in [0.15, 0.2) is 6.10 Å². The van der Waals surface area contributed by atoms with Crippen molar-refractivity contribution in [1.82, 2.24) is 0 Å². The SMILES string of the molecule is CCOC(=O)[C@H]1C(c2ccc(Br)cc2)=NO[C@@H]1CO. The lowest BCUT2D eigenvalue weighted by atomic mass is 9.93. The lowest BCUT2D eigenvalue weighted by Gasteiger charge is -2.15. The molecule has 0 spiro atoms. The number of aliphatic hydroxyl groups is 1. The van der Waals surface area contributed by atoms with Gasteiger partial charge in [0.05, 0.1) is 13.2 Å². The molecule has 0 bridgehead atoms. The van der Waals surface area contributed by atoms with Crippen LogP contribution in [-0.2, 0) is 14.4 Å². The molecule has 1 N–H and O–H groups in total. The van der Waals surface area contributed by atoms with Crippen molar-refractivity contribution in [2.45, 2.75) is 13.0 Å². The molecule has 0 saturated carbocycles. The fourth-order valence-electron chi connectivity index (χ4n) is 1.91. The van der Waals surface area contributed by atoms with Crippen LogP contribution < -0.4 is 0 Å². The molecule has 0 fully saturated rings. The normalized spacial score (nSPS) is 21.7. The summed E-state index contributed by atoms with van der Waals surface area (Å²) in [5, 5.41) is 13.2. The van der Waals surface area contributed by atoms with Crippen molar-refractivity contribution in [3.63, 3.8) is 0 Å². The van der Waals surface area contributed by atoms with Gasteiger partial charge in [-0.15, -0.1) is 0 Å². The van der Waals surface area contributed by atoms with Gasteiger partial charge in [-0.25, -0.2) is 0 Å². The molecule has 0 amide bonds. The van der Waals surface area contributed by atoms with Crippen molar-refractivity contribution >= 4 is 27.6 Å². The second-order valence-electron chi connectivity index (χ2n) is 4.04. The molecule has 5 nitrogen and oxygen atoms in total. The summed E-state index contributed by atoms with van der Waals surface area (Å²) in [5.41, 5.74) is 1.27. The van der Waals surface area contributed by atoms with Crippen molar-refractivity contribution in [3.05, 3.63) is 34.3 Å². The first-order chi connectivity index (χ1) is 9.17. The van der Waals surface area contributed by atoms with E-state index in [9.17, 15) is 9.90 Å². The Kier molecular flexibility index (Phi) is 4.55. The third-order valence-electron chi connectivity index (χ3n) is 2.81. The number of esters is 1. The number of hydrogen-bond donors (Lipinski definition) is 1. The number of benzene rings is 1. The molecule has 0 saturated heterocycles. The molecule has 2 rings (SSSR count). The first kappa shape index (κ1) is 14.0. The van der Waals surface area contributed by atoms with E-state index in [1.54, 1.807) is 6.92 Å². The van der Waals surface area contributed by atoms with Crippen LogP contribution in [0, 0.1) is 5.92 Å². The van der Waals surface area contributed by atoms with E-state index in [1.165, 1.54) is 0 Å². The summed E-state index contributed by atoms with van der Waals surface area (Å²) in [4.78, 5) is 17.1. The second kappa shape index (κ2) is 6.16. The monoisotopic (exact) mass is 327 g/mol. The van der Waals surface area contributed by atoms with Crippen LogP contribution in [0.1, 0.15) is 12.5 Å². The number of ether oxygens (including phenoxy) is 1. The predicted octanol–water partition coefficient (Wildman–Crippen LogP) is 1.72. The summed E-state index contributed by atoms with van der Waals surface area (Å²) in [6.07, 6.45) is -0.683. The number of aliphatic hydroxyl groups excluding tert-OH is 1. The fourth-order valence-corrected chi connectivity index (χ4v) is 2.17. The lowest BCUT2D eigenvalue weighted by Crippen LogP contribution is -2.35. The number of oxime groups is 1. The van der Waals surface area contributed by atoms with Crippen molar-refractivity contribution in [3.8, 4) is 0 Å². The van der Waals surface area contributed by atoms with Crippen molar-refractivity contribution in [2.75, 3.05) is 13.2 Å². The van der Waals surface area contributed by atoms with E-state index < -0.39 is 18.0 Å². The number of carbonyl (C=O) groups excluding carboxylic acids is 1. The molecule has 2 atom stereocenters. The molecule has 6 heteroatoms. The number of rotatable bonds is 4. The summed E-state index contributed by atoms with van der Waals surface area (Å²) >= 11 is 3.35. The van der Waals surface area contributed by atoms with Gasteiger partial charge in [0.2, 0.25) is 0 Å². The zero-order chi connectivity index (χ0) is 13.8. The Bertz CT molecular complexity index is 486. The van der Waals surface area contributed by atoms with Gasteiger partial charge in [-0.05, 0) is 19.1 Å². The minimum absolute atomic E-state index is 0.279. The molecule has 1 aliphatic heterocycles. The van der Waals surface area contributed by atoms with E-state index in [-0.39, 0.29) is 13.2 Å². The second-order valence-corrected chi connectivity index (χ2v) is 4.96. The van der Waals surface area contributed by atoms with Crippen LogP contribution in [-0.4, -0.2) is 36.1 Å². The third kappa shape index (κ3) is 2.96. The maximum atomic E-state index is 12.0. The third-order valence-corrected chi connectivity index (χ3v) is 3.34. The number of hydrogen-bond acceptors (Lipinski definition) is 5. The van der Waals surface area contributed by atoms with E-state index >= 15 is 0 Å². The minimum Gasteiger partial charge on any atom is -0.465 e. The van der Waals surface area contributed by atoms with Gasteiger partial charge >= 0.3 is 5.97 Å². The average molecular weight is 328 g/mol. The molecule has 102 valence electrons. The van der Waals surface area contributed by atoms with Gasteiger partial charge in [-0.2, -0.15) is 0 Å². The number of nitrogens with zero attached hydrogens (tertiary/aromatic N) is 1. The van der Waals surface area contributed by atoms with E-state index in [2.05, 4.69) is 21.1 Å². The Morgan fingerprint density at radius 3 is 2.74 bits per heavy atom. The highest BCUT2D eigenvalue weighted by molar-refractivity contribution is 9.10. The van der Waals surface area contributed by atoms with Crippen LogP contribution in [0.2, 0.25) is 0 Å². The van der Waals surface area contributed by atoms with Crippen molar-refractivity contribution in [1.29, 1.82) is 0 Å². The largest absolute Gasteiger partial charge is 0.465 e. The van der Waals surface area contributed by atoms with E-state index in [1.807, 2.05) is 24.3 Å². The van der Waals surface area contributed by atoms with Crippen molar-refractivity contribution in [2.24, 2.45) is 11.1 Å². The highest BCUT2D eigenvalue weighted by Crippen LogP contribution is 2.25. The summed E-state index contributed by atoms with van der Waals surface area (Å²) in [5.74, 6) is -1.12. The van der Waals surface area contributed by atoms with Crippen LogP contribution in [0.15, 0.2) is 33.9 Å². The van der Waals surface area contributed by atoms with Crippen LogP contribution >= 0.6 is 15.9 Å². The molecule has 0 aliphatic carbocycles. The standard InChI is InChI=1S/C13H14BrNO4/c1-2-18-13(17)11-10(7-16)19-15-12(11)8-3-5-9(14)6-4-8/h3-6,10-11,16H,2,7H2,1H3/t10-,11-/m1/s1. The molecule has 0 aromatic heterocycles. The van der Waals surface area contributed by atoms with Crippen LogP contribution in [0.5, 0.6) is 0 Å². The summed E-state index contributed by atoms with van der Waals surface area (Å²) in [7, 11) is 0. The zero-order valence-corrected chi connectivity index (χ0v) is 12.0. The maximum Gasteiger partial charge on any atom is 0.319 e. The minimum atomic E-state index is -0.689. The number of halogens is 1. The Balaban J connectivity index is 2.27. The van der Waals surface area contributed by atoms with Crippen LogP contribution in [0.25, 0.3) is 0 Å². The van der Waals surface area contributed by atoms with E-state index in [0.717, 1.165) is 10.0 Å². The Morgan fingerprint density at radius 1 is 1.47 bits per heavy atom. The highest BCUT2D eigenvalue weighted by Gasteiger charge is 2.41. The van der Waals surface area contributed by atoms with Gasteiger partial charge in [-0.1, -0.05) is 33.2 Å². The summed E-state index contributed by atoms with van der Waals surface area (Å²) in [6.45, 7) is 1.73. The van der Waals surface area contributed by atoms with Gasteiger partial charge in [0.25, 0.3) is 0 Å². The molecule has 0 unspecified atom stereocenters. The fraction of sp³-hybridized carbons (Fsp3) is 0.385. The van der Waals surface area contributed by atoms with Crippen LogP contribution in [0.3, 0.4) is 0 Å². The van der Waals surface area contributed by atoms with Gasteiger partial charge in [-0.3, -0.25) is 4.79 Å². The molecule has 1 aromatic rings. The van der Waals surface area contributed by atoms with E-state index in [0.29, 0.717) is 5.71 Å². The van der Waals surface area contributed by atoms with Gasteiger partial charge < -0.3 is 14.7 Å². The van der Waals surface area contributed by atoms with Gasteiger partial charge in [0, 0.05) is 10.0 Å². The molecule has 1 aliphatic rings. The summed E-state index contributed by atoms with van der Waals surface area (Å²) in [6, 6.07) is 7.37. The Hall–Kier alpha value is -1.40. The predicted molar refractivity (Wildman–Crippen MR) is 72.8 cm³/mol. The average Bonchev–Trinajstić information content (AvgIpc) is 2.83. The first-order valence-corrected chi connectivity index (χ1v) is 6.73. The quantitative estimate of drug-likeness (QED) is 0.855. The molecule has 0 radical (unpaired) electrons. The zero-order valence-electron chi connectivity index (χ0n) is 10.4. The van der Waals surface area contributed by atoms with Gasteiger partial charge in [0.1, 0.15) is 11.6 Å². The van der Waals surface area contributed by atoms with Crippen LogP contribution in [0.4, 0.5) is 0 Å². The smallest absolute Gasteiger partial charge is 0.319 e. The van der Waals surface area contributed by atoms with E-state index in [4.69, 9.17) is 9.57 Å². The molecular formula is C13H14BrNO4. The maximum absolute atomic E-state index is 12.0. The Morgan fingerprint density at radius 2 is 2.16 bits per heavy atom. The first-order valence-electron chi connectivity index (χ1n) is 5.94. The summed E-state index contributed by atoms with van der Waals surface area (Å²) < 4.78 is 5.95. The molecule has 19 heavy (non-hydrogen) atoms. The lowest BCUT2D eigenvalue weighted by molar-refractivity contribution is -0.149. The molecule has 1 heterocycles. The molecule has 1 aromatic carbocycles. The Labute approximate surface area is 119 Å². The van der Waals surface area contributed by atoms with Crippen molar-refractivity contribution < 1.29 is 19.5 Å². The highest BCUT2D eigenvalue weighted by atomic mass is 79.9.